The highest BCUT2D eigenvalue weighted by molar-refractivity contribution is 8.77. The van der Waals surface area contributed by atoms with Gasteiger partial charge in [0.25, 0.3) is 0 Å². The fourth-order valence-corrected chi connectivity index (χ4v) is 4.83. The molecule has 0 spiro atoms. The quantitative estimate of drug-likeness (QED) is 0.324. The number of hydrogen-bond acceptors (Lipinski definition) is 5. The monoisotopic (exact) mass is 348 g/mol. The fourth-order valence-electron chi connectivity index (χ4n) is 2.38. The van der Waals surface area contributed by atoms with Gasteiger partial charge in [-0.05, 0) is 48.0 Å². The van der Waals surface area contributed by atoms with Crippen molar-refractivity contribution in [1.29, 1.82) is 0 Å². The zero-order valence-electron chi connectivity index (χ0n) is 14.9. The van der Waals surface area contributed by atoms with Crippen molar-refractivity contribution in [2.45, 2.75) is 71.0 Å². The molecule has 0 radical (unpaired) electrons. The van der Waals surface area contributed by atoms with E-state index < -0.39 is 0 Å². The molecule has 0 aromatic heterocycles. The molecule has 0 bridgehead atoms. The van der Waals surface area contributed by atoms with Crippen LogP contribution in [-0.4, -0.2) is 48.6 Å². The molecular weight excluding hydrogens is 316 g/mol. The first-order valence-electron chi connectivity index (χ1n) is 8.11. The van der Waals surface area contributed by atoms with Crippen LogP contribution in [0, 0.1) is 0 Å². The van der Waals surface area contributed by atoms with Crippen LogP contribution < -0.4 is 0 Å². The normalized spacial score (nSPS) is 23.5. The first-order valence-corrected chi connectivity index (χ1v) is 10.4. The Hall–Kier alpha value is 0.320. The highest BCUT2D eigenvalue weighted by Crippen LogP contribution is 2.39. The summed E-state index contributed by atoms with van der Waals surface area (Å²) in [6, 6.07) is 0. The summed E-state index contributed by atoms with van der Waals surface area (Å²) >= 11 is 0. The molecule has 1 heterocycles. The minimum Gasteiger partial charge on any atom is -0.376 e. The van der Waals surface area contributed by atoms with Crippen LogP contribution in [0.4, 0.5) is 0 Å². The maximum absolute atomic E-state index is 5.94. The lowest BCUT2D eigenvalue weighted by Crippen LogP contribution is -2.32. The fraction of sp³-hybridized carbons (Fsp3) is 0.882. The van der Waals surface area contributed by atoms with Crippen LogP contribution in [0.2, 0.25) is 0 Å². The third-order valence-electron chi connectivity index (χ3n) is 3.41. The molecule has 1 fully saturated rings. The molecular formula is C17H32O3S2. The smallest absolute Gasteiger partial charge is 0.110 e. The molecule has 1 rings (SSSR count). The highest BCUT2D eigenvalue weighted by Gasteiger charge is 2.30. The maximum atomic E-state index is 5.94. The Kier molecular flexibility index (Phi) is 9.48. The molecule has 2 atom stereocenters. The van der Waals surface area contributed by atoms with Gasteiger partial charge in [0.15, 0.2) is 0 Å². The van der Waals surface area contributed by atoms with Gasteiger partial charge in [0, 0.05) is 10.5 Å². The van der Waals surface area contributed by atoms with E-state index in [1.54, 1.807) is 0 Å². The summed E-state index contributed by atoms with van der Waals surface area (Å²) in [6.45, 7) is 15.1. The van der Waals surface area contributed by atoms with Gasteiger partial charge in [-0.25, -0.2) is 0 Å². The summed E-state index contributed by atoms with van der Waals surface area (Å²) in [6.07, 6.45) is 3.73. The van der Waals surface area contributed by atoms with Crippen molar-refractivity contribution in [2.75, 3.05) is 25.6 Å². The van der Waals surface area contributed by atoms with Gasteiger partial charge in [-0.2, -0.15) is 0 Å². The predicted octanol–water partition coefficient (Wildman–Crippen LogP) is 4.71. The molecule has 0 aliphatic carbocycles. The molecule has 1 aliphatic rings. The Morgan fingerprint density at radius 3 is 2.64 bits per heavy atom. The summed E-state index contributed by atoms with van der Waals surface area (Å²) in [5.41, 5.74) is 1.45. The first-order chi connectivity index (χ1) is 10.3. The Morgan fingerprint density at radius 2 is 2.00 bits per heavy atom. The Labute approximate surface area is 144 Å². The molecule has 1 aliphatic heterocycles. The van der Waals surface area contributed by atoms with Gasteiger partial charge in [0.2, 0.25) is 0 Å². The third kappa shape index (κ3) is 8.25. The first kappa shape index (κ1) is 20.4. The van der Waals surface area contributed by atoms with Crippen molar-refractivity contribution >= 4 is 21.6 Å². The Morgan fingerprint density at radius 1 is 1.32 bits per heavy atom. The molecule has 0 amide bonds. The van der Waals surface area contributed by atoms with Gasteiger partial charge in [-0.3, -0.25) is 0 Å². The van der Waals surface area contributed by atoms with E-state index >= 15 is 0 Å². The molecule has 0 saturated carbocycles. The average molecular weight is 349 g/mol. The van der Waals surface area contributed by atoms with E-state index in [1.165, 1.54) is 5.57 Å². The van der Waals surface area contributed by atoms with Crippen molar-refractivity contribution in [3.8, 4) is 0 Å². The molecule has 3 nitrogen and oxygen atoms in total. The molecule has 0 aromatic rings. The van der Waals surface area contributed by atoms with Crippen molar-refractivity contribution in [1.82, 2.24) is 0 Å². The maximum Gasteiger partial charge on any atom is 0.110 e. The summed E-state index contributed by atoms with van der Waals surface area (Å²) in [7, 11) is 3.84. The van der Waals surface area contributed by atoms with Crippen molar-refractivity contribution in [3.63, 3.8) is 0 Å². The van der Waals surface area contributed by atoms with E-state index in [0.717, 1.165) is 18.8 Å². The summed E-state index contributed by atoms with van der Waals surface area (Å²) in [4.78, 5) is 0. The Bertz CT molecular complexity index is 343. The van der Waals surface area contributed by atoms with Crippen LogP contribution in [-0.2, 0) is 14.2 Å². The lowest BCUT2D eigenvalue weighted by atomic mass is 10.0. The van der Waals surface area contributed by atoms with E-state index in [-0.39, 0.29) is 23.1 Å². The van der Waals surface area contributed by atoms with E-state index in [0.29, 0.717) is 13.2 Å². The van der Waals surface area contributed by atoms with Gasteiger partial charge < -0.3 is 14.2 Å². The van der Waals surface area contributed by atoms with Crippen LogP contribution in [0.5, 0.6) is 0 Å². The van der Waals surface area contributed by atoms with E-state index in [4.69, 9.17) is 14.2 Å². The van der Waals surface area contributed by atoms with E-state index in [2.05, 4.69) is 47.6 Å². The van der Waals surface area contributed by atoms with Gasteiger partial charge >= 0.3 is 0 Å². The zero-order chi connectivity index (χ0) is 16.6. The van der Waals surface area contributed by atoms with Crippen LogP contribution in [0.1, 0.15) is 48.0 Å². The largest absolute Gasteiger partial charge is 0.376 e. The molecule has 5 heteroatoms. The van der Waals surface area contributed by atoms with Crippen LogP contribution >= 0.6 is 21.6 Å². The third-order valence-corrected chi connectivity index (χ3v) is 6.66. The lowest BCUT2D eigenvalue weighted by molar-refractivity contribution is -0.0650. The highest BCUT2D eigenvalue weighted by atomic mass is 33.1. The number of rotatable bonds is 10. The number of hydrogen-bond donors (Lipinski definition) is 0. The lowest BCUT2D eigenvalue weighted by Gasteiger charge is -2.24. The van der Waals surface area contributed by atoms with E-state index in [1.807, 2.05) is 21.6 Å². The van der Waals surface area contributed by atoms with Crippen molar-refractivity contribution in [3.05, 3.63) is 11.6 Å². The van der Waals surface area contributed by atoms with Crippen LogP contribution in [0.3, 0.4) is 0 Å². The molecule has 2 unspecified atom stereocenters. The average Bonchev–Trinajstić information content (AvgIpc) is 2.84. The van der Waals surface area contributed by atoms with Gasteiger partial charge in [0.1, 0.15) is 12.2 Å². The second-order valence-electron chi connectivity index (χ2n) is 6.65. The molecule has 22 heavy (non-hydrogen) atoms. The SMILES string of the molecule is C/C=C(\C)CC(C)(C)SSCCOC1COCC1OC(C)C. The second kappa shape index (κ2) is 10.2. The van der Waals surface area contributed by atoms with Crippen molar-refractivity contribution in [2.24, 2.45) is 0 Å². The summed E-state index contributed by atoms with van der Waals surface area (Å²) in [5.74, 6) is 0.994. The summed E-state index contributed by atoms with van der Waals surface area (Å²) < 4.78 is 17.5. The number of allylic oxidation sites excluding steroid dienone is 2. The van der Waals surface area contributed by atoms with Gasteiger partial charge in [0.05, 0.1) is 25.9 Å². The molecule has 0 N–H and O–H groups in total. The minimum absolute atomic E-state index is 0.0891. The van der Waals surface area contributed by atoms with Gasteiger partial charge in [-0.1, -0.05) is 33.2 Å². The number of ether oxygens (including phenoxy) is 3. The summed E-state index contributed by atoms with van der Waals surface area (Å²) in [5, 5.41) is 0. The predicted molar refractivity (Wildman–Crippen MR) is 98.7 cm³/mol. The van der Waals surface area contributed by atoms with Crippen LogP contribution in [0.15, 0.2) is 11.6 Å². The van der Waals surface area contributed by atoms with E-state index in [9.17, 15) is 0 Å². The minimum atomic E-state index is 0.0891. The topological polar surface area (TPSA) is 27.7 Å². The Balaban J connectivity index is 2.17. The molecule has 130 valence electrons. The molecule has 1 saturated heterocycles. The van der Waals surface area contributed by atoms with Crippen LogP contribution in [0.25, 0.3) is 0 Å². The second-order valence-corrected chi connectivity index (χ2v) is 9.77. The molecule has 0 aromatic carbocycles. The zero-order valence-corrected chi connectivity index (χ0v) is 16.5. The standard InChI is InChI=1S/C17H32O3S2/c1-7-14(4)10-17(5,6)22-21-9-8-19-15-11-18-12-16(15)20-13(2)3/h7,13,15-16H,8-12H2,1-6H3/b14-7+. The van der Waals surface area contributed by atoms with Crippen molar-refractivity contribution < 1.29 is 14.2 Å². The van der Waals surface area contributed by atoms with Gasteiger partial charge in [-0.15, -0.1) is 0 Å².